The predicted molar refractivity (Wildman–Crippen MR) is 115 cm³/mol. The summed E-state index contributed by atoms with van der Waals surface area (Å²) in [5, 5.41) is 5.53. The van der Waals surface area contributed by atoms with Crippen LogP contribution in [0.4, 0.5) is 5.82 Å². The van der Waals surface area contributed by atoms with Gasteiger partial charge in [-0.25, -0.2) is 4.98 Å². The van der Waals surface area contributed by atoms with Crippen molar-refractivity contribution in [2.45, 2.75) is 32.2 Å². The second kappa shape index (κ2) is 9.24. The van der Waals surface area contributed by atoms with Crippen LogP contribution in [-0.4, -0.2) is 52.8 Å². The van der Waals surface area contributed by atoms with Crippen LogP contribution in [0.25, 0.3) is 0 Å². The first-order chi connectivity index (χ1) is 14.1. The van der Waals surface area contributed by atoms with Crippen LogP contribution in [0.1, 0.15) is 29.7 Å². The van der Waals surface area contributed by atoms with Crippen molar-refractivity contribution in [3.05, 3.63) is 45.2 Å². The number of pyridine rings is 1. The minimum Gasteiger partial charge on any atom is -0.338 e. The Morgan fingerprint density at radius 1 is 1.21 bits per heavy atom. The lowest BCUT2D eigenvalue weighted by Crippen LogP contribution is -2.41. The number of thiophene rings is 1. The summed E-state index contributed by atoms with van der Waals surface area (Å²) in [4.78, 5) is 34.9. The molecule has 0 unspecified atom stereocenters. The van der Waals surface area contributed by atoms with Crippen molar-refractivity contribution in [1.82, 2.24) is 14.8 Å². The number of aromatic nitrogens is 1. The third-order valence-electron chi connectivity index (χ3n) is 5.74. The maximum Gasteiger partial charge on any atom is 0.228 e. The third-order valence-corrected chi connectivity index (χ3v) is 6.99. The first kappa shape index (κ1) is 20.3. The molecule has 0 bridgehead atoms. The van der Waals surface area contributed by atoms with Gasteiger partial charge in [0.15, 0.2) is 0 Å². The Labute approximate surface area is 179 Å². The van der Waals surface area contributed by atoms with Crippen LogP contribution in [0.2, 0.25) is 5.02 Å². The molecule has 4 rings (SSSR count). The van der Waals surface area contributed by atoms with Crippen LogP contribution in [0, 0.1) is 5.92 Å². The minimum atomic E-state index is -0.0152. The minimum absolute atomic E-state index is 0.00966. The largest absolute Gasteiger partial charge is 0.338 e. The van der Waals surface area contributed by atoms with E-state index in [0.717, 1.165) is 52.0 Å². The second-order valence-electron chi connectivity index (χ2n) is 7.65. The number of halogens is 1. The number of hydrogen-bond donors (Lipinski definition) is 1. The van der Waals surface area contributed by atoms with Crippen molar-refractivity contribution in [3.8, 4) is 0 Å². The number of carbonyl (C=O) groups excluding carboxylic acids is 2. The number of likely N-dealkylation sites (tertiary alicyclic amines) is 1. The van der Waals surface area contributed by atoms with E-state index in [-0.39, 0.29) is 17.7 Å². The Kier molecular flexibility index (Phi) is 6.47. The van der Waals surface area contributed by atoms with Crippen LogP contribution in [0.3, 0.4) is 0 Å². The monoisotopic (exact) mass is 432 g/mol. The van der Waals surface area contributed by atoms with Gasteiger partial charge >= 0.3 is 0 Å². The normalized spacial score (nSPS) is 17.8. The zero-order chi connectivity index (χ0) is 20.2. The number of amides is 2. The topological polar surface area (TPSA) is 65.5 Å². The molecular formula is C21H25ClN4O2S. The fraction of sp³-hybridized carbons (Fsp3) is 0.476. The number of nitrogens with zero attached hydrogens (tertiary/aromatic N) is 3. The molecule has 29 heavy (non-hydrogen) atoms. The molecule has 1 saturated heterocycles. The molecule has 1 fully saturated rings. The van der Waals surface area contributed by atoms with Gasteiger partial charge in [0.2, 0.25) is 11.8 Å². The summed E-state index contributed by atoms with van der Waals surface area (Å²) in [6.45, 7) is 4.02. The van der Waals surface area contributed by atoms with Crippen molar-refractivity contribution in [2.24, 2.45) is 5.92 Å². The quantitative estimate of drug-likeness (QED) is 0.786. The first-order valence-corrected chi connectivity index (χ1v) is 11.3. The summed E-state index contributed by atoms with van der Waals surface area (Å²) < 4.78 is 0. The fourth-order valence-corrected chi connectivity index (χ4v) is 4.97. The van der Waals surface area contributed by atoms with Crippen LogP contribution < -0.4 is 5.32 Å². The maximum absolute atomic E-state index is 12.6. The van der Waals surface area contributed by atoms with Crippen LogP contribution in [0.15, 0.2) is 29.8 Å². The Morgan fingerprint density at radius 2 is 2.03 bits per heavy atom. The van der Waals surface area contributed by atoms with Crippen LogP contribution in [-0.2, 0) is 22.6 Å². The van der Waals surface area contributed by atoms with Gasteiger partial charge in [0.25, 0.3) is 0 Å². The summed E-state index contributed by atoms with van der Waals surface area (Å²) in [5.41, 5.74) is 1.30. The van der Waals surface area contributed by atoms with Crippen molar-refractivity contribution < 1.29 is 9.59 Å². The van der Waals surface area contributed by atoms with E-state index in [1.54, 1.807) is 23.5 Å². The van der Waals surface area contributed by atoms with E-state index < -0.39 is 0 Å². The molecule has 0 spiro atoms. The molecular weight excluding hydrogens is 408 g/mol. The number of fused-ring (bicyclic) bond motifs is 1. The third kappa shape index (κ3) is 5.15. The summed E-state index contributed by atoms with van der Waals surface area (Å²) >= 11 is 7.61. The van der Waals surface area contributed by atoms with Gasteiger partial charge in [-0.05, 0) is 61.5 Å². The standard InChI is InChI=1S/C21H25ClN4O2S/c22-17-1-2-19(23-13-17)24-21(28)15-3-8-25(9-4-15)10-6-20(27)26-11-5-18-16(14-26)7-12-29-18/h1-2,7,12-13,15H,3-6,8-11,14H2,(H,23,24,28). The van der Waals surface area contributed by atoms with Gasteiger partial charge in [-0.1, -0.05) is 11.6 Å². The number of rotatable bonds is 5. The molecule has 0 aromatic carbocycles. The van der Waals surface area contributed by atoms with E-state index >= 15 is 0 Å². The molecule has 2 amide bonds. The van der Waals surface area contributed by atoms with E-state index in [0.29, 0.717) is 17.3 Å². The molecule has 2 aliphatic rings. The smallest absolute Gasteiger partial charge is 0.228 e. The molecule has 6 nitrogen and oxygen atoms in total. The predicted octanol–water partition coefficient (Wildman–Crippen LogP) is 3.42. The highest BCUT2D eigenvalue weighted by molar-refractivity contribution is 7.10. The summed E-state index contributed by atoms with van der Waals surface area (Å²) in [7, 11) is 0. The zero-order valence-corrected chi connectivity index (χ0v) is 17.8. The molecule has 154 valence electrons. The average molecular weight is 433 g/mol. The highest BCUT2D eigenvalue weighted by Crippen LogP contribution is 2.25. The van der Waals surface area contributed by atoms with Crippen molar-refractivity contribution in [1.29, 1.82) is 0 Å². The molecule has 0 aliphatic carbocycles. The number of carbonyl (C=O) groups is 2. The van der Waals surface area contributed by atoms with Gasteiger partial charge in [0, 0.05) is 43.0 Å². The summed E-state index contributed by atoms with van der Waals surface area (Å²) in [6.07, 6.45) is 4.65. The van der Waals surface area contributed by atoms with Crippen molar-refractivity contribution in [3.63, 3.8) is 0 Å². The average Bonchev–Trinajstić information content (AvgIpc) is 3.22. The number of nitrogens with one attached hydrogen (secondary N) is 1. The molecule has 2 aromatic heterocycles. The summed E-state index contributed by atoms with van der Waals surface area (Å²) in [5.74, 6) is 0.757. The molecule has 4 heterocycles. The molecule has 2 aromatic rings. The van der Waals surface area contributed by atoms with Crippen LogP contribution in [0.5, 0.6) is 0 Å². The Hall–Kier alpha value is -1.96. The van der Waals surface area contributed by atoms with Crippen molar-refractivity contribution >= 4 is 40.6 Å². The molecule has 0 radical (unpaired) electrons. The van der Waals surface area contributed by atoms with Gasteiger partial charge in [-0.15, -0.1) is 11.3 Å². The zero-order valence-electron chi connectivity index (χ0n) is 16.3. The lowest BCUT2D eigenvalue weighted by Gasteiger charge is -2.32. The molecule has 2 aliphatic heterocycles. The van der Waals surface area contributed by atoms with Gasteiger partial charge in [0.05, 0.1) is 5.02 Å². The number of hydrogen-bond acceptors (Lipinski definition) is 5. The molecule has 8 heteroatoms. The van der Waals surface area contributed by atoms with Crippen molar-refractivity contribution in [2.75, 3.05) is 31.5 Å². The Balaban J connectivity index is 1.18. The maximum atomic E-state index is 12.6. The fourth-order valence-electron chi connectivity index (χ4n) is 3.97. The lowest BCUT2D eigenvalue weighted by molar-refractivity contribution is -0.132. The lowest BCUT2D eigenvalue weighted by atomic mass is 9.95. The highest BCUT2D eigenvalue weighted by Gasteiger charge is 2.26. The van der Waals surface area contributed by atoms with E-state index in [9.17, 15) is 9.59 Å². The van der Waals surface area contributed by atoms with Crippen LogP contribution >= 0.6 is 22.9 Å². The SMILES string of the molecule is O=C(Nc1ccc(Cl)cn1)C1CCN(CCC(=O)N2CCc3sccc3C2)CC1. The van der Waals surface area contributed by atoms with E-state index in [4.69, 9.17) is 11.6 Å². The van der Waals surface area contributed by atoms with Gasteiger partial charge < -0.3 is 15.1 Å². The highest BCUT2D eigenvalue weighted by atomic mass is 35.5. The number of anilines is 1. The van der Waals surface area contributed by atoms with Gasteiger partial charge in [0.1, 0.15) is 5.82 Å². The summed E-state index contributed by atoms with van der Waals surface area (Å²) in [6, 6.07) is 5.56. The van der Waals surface area contributed by atoms with Gasteiger partial charge in [-0.3, -0.25) is 9.59 Å². The Morgan fingerprint density at radius 3 is 2.79 bits per heavy atom. The molecule has 0 saturated carbocycles. The number of piperidine rings is 1. The molecule has 1 N–H and O–H groups in total. The van der Waals surface area contributed by atoms with E-state index in [1.165, 1.54) is 16.6 Å². The first-order valence-electron chi connectivity index (χ1n) is 10.1. The Bertz CT molecular complexity index is 862. The second-order valence-corrected chi connectivity index (χ2v) is 9.09. The molecule has 0 atom stereocenters. The van der Waals surface area contributed by atoms with E-state index in [2.05, 4.69) is 26.6 Å². The van der Waals surface area contributed by atoms with Gasteiger partial charge in [-0.2, -0.15) is 0 Å². The van der Waals surface area contributed by atoms with E-state index in [1.807, 2.05) is 4.90 Å².